The molecule has 0 aliphatic rings. The first-order chi connectivity index (χ1) is 10.5. The summed E-state index contributed by atoms with van der Waals surface area (Å²) in [7, 11) is 0. The summed E-state index contributed by atoms with van der Waals surface area (Å²) in [6.45, 7) is 7.03. The molecule has 0 spiro atoms. The smallest absolute Gasteiger partial charge is 0.327 e. The first-order valence-electron chi connectivity index (χ1n) is 6.24. The Morgan fingerprint density at radius 1 is 0.818 bits per heavy atom. The number of unbranched alkanes of at least 4 members (excludes halogenated alkanes) is 3. The number of aliphatic carboxylic acids is 2. The Balaban J connectivity index is -0.000000298. The molecule has 122 valence electrons. The van der Waals surface area contributed by atoms with Crippen molar-refractivity contribution in [3.63, 3.8) is 0 Å². The summed E-state index contributed by atoms with van der Waals surface area (Å²) >= 11 is 0. The lowest BCUT2D eigenvalue weighted by Crippen LogP contribution is -1.84. The minimum absolute atomic E-state index is 0.556. The molecule has 0 aromatic rings. The first-order valence-corrected chi connectivity index (χ1v) is 6.24. The predicted molar refractivity (Wildman–Crippen MR) is 80.1 cm³/mol. The Bertz CT molecular complexity index is 381. The quantitative estimate of drug-likeness (QED) is 0.288. The van der Waals surface area contributed by atoms with Gasteiger partial charge >= 0.3 is 11.9 Å². The van der Waals surface area contributed by atoms with Crippen molar-refractivity contribution >= 4 is 24.1 Å². The topological polar surface area (TPSA) is 133 Å². The third kappa shape index (κ3) is 43.4. The molecule has 0 aromatic carbocycles. The summed E-state index contributed by atoms with van der Waals surface area (Å²) in [4.78, 5) is 44.6. The van der Waals surface area contributed by atoms with Crippen LogP contribution in [0, 0.1) is 0 Å². The highest BCUT2D eigenvalue weighted by Gasteiger charge is 1.87. The van der Waals surface area contributed by atoms with Gasteiger partial charge in [0.15, 0.2) is 0 Å². The molecule has 22 heavy (non-hydrogen) atoms. The molecule has 0 saturated heterocycles. The second kappa shape index (κ2) is 23.3. The SMILES string of the molecule is C=CC(=O)O.C=CC(=O)O.O=C=NCCCCCCN=C=O. The van der Waals surface area contributed by atoms with Crippen molar-refractivity contribution < 1.29 is 29.4 Å². The zero-order valence-electron chi connectivity index (χ0n) is 12.2. The fourth-order valence-corrected chi connectivity index (χ4v) is 0.827. The Morgan fingerprint density at radius 2 is 1.09 bits per heavy atom. The second-order valence-corrected chi connectivity index (χ2v) is 3.44. The van der Waals surface area contributed by atoms with Gasteiger partial charge in [-0.3, -0.25) is 0 Å². The summed E-state index contributed by atoms with van der Waals surface area (Å²) in [5, 5.41) is 15.2. The lowest BCUT2D eigenvalue weighted by molar-refractivity contribution is -0.132. The van der Waals surface area contributed by atoms with Gasteiger partial charge in [0, 0.05) is 12.2 Å². The van der Waals surface area contributed by atoms with E-state index in [1.807, 2.05) is 0 Å². The van der Waals surface area contributed by atoms with Crippen molar-refractivity contribution in [3.05, 3.63) is 25.3 Å². The predicted octanol–water partition coefficient (Wildman–Crippen LogP) is 1.73. The lowest BCUT2D eigenvalue weighted by Gasteiger charge is -1.93. The van der Waals surface area contributed by atoms with E-state index < -0.39 is 11.9 Å². The highest BCUT2D eigenvalue weighted by molar-refractivity contribution is 5.79. The van der Waals surface area contributed by atoms with Crippen molar-refractivity contribution in [3.8, 4) is 0 Å². The maximum atomic E-state index is 9.63. The van der Waals surface area contributed by atoms with Crippen LogP contribution in [0.25, 0.3) is 0 Å². The Hall–Kier alpha value is -2.82. The molecule has 0 saturated carbocycles. The van der Waals surface area contributed by atoms with Crippen LogP contribution in [0.5, 0.6) is 0 Å². The third-order valence-corrected chi connectivity index (χ3v) is 1.77. The van der Waals surface area contributed by atoms with Crippen LogP contribution >= 0.6 is 0 Å². The number of carboxylic acids is 2. The van der Waals surface area contributed by atoms with E-state index in [2.05, 4.69) is 23.1 Å². The van der Waals surface area contributed by atoms with Gasteiger partial charge < -0.3 is 10.2 Å². The van der Waals surface area contributed by atoms with E-state index in [-0.39, 0.29) is 0 Å². The molecule has 0 radical (unpaired) electrons. The number of carbonyl (C=O) groups is 2. The number of rotatable bonds is 9. The summed E-state index contributed by atoms with van der Waals surface area (Å²) in [6.07, 6.45) is 8.47. The zero-order chi connectivity index (χ0) is 17.6. The maximum Gasteiger partial charge on any atom is 0.327 e. The molecule has 2 N–H and O–H groups in total. The molecule has 0 heterocycles. The molecule has 0 bridgehead atoms. The minimum Gasteiger partial charge on any atom is -0.478 e. The van der Waals surface area contributed by atoms with Gasteiger partial charge in [-0.05, 0) is 12.8 Å². The van der Waals surface area contributed by atoms with E-state index in [9.17, 15) is 19.2 Å². The van der Waals surface area contributed by atoms with Crippen LogP contribution in [0.4, 0.5) is 0 Å². The minimum atomic E-state index is -0.981. The monoisotopic (exact) mass is 312 g/mol. The maximum absolute atomic E-state index is 9.63. The van der Waals surface area contributed by atoms with E-state index in [4.69, 9.17) is 10.2 Å². The molecule has 0 unspecified atom stereocenters. The fourth-order valence-electron chi connectivity index (χ4n) is 0.827. The molecular formula is C14H20N2O6. The fraction of sp³-hybridized carbons (Fsp3) is 0.429. The number of hydrogen-bond donors (Lipinski definition) is 2. The van der Waals surface area contributed by atoms with Crippen molar-refractivity contribution in [2.24, 2.45) is 9.98 Å². The zero-order valence-corrected chi connectivity index (χ0v) is 12.2. The number of isocyanates is 2. The summed E-state index contributed by atoms with van der Waals surface area (Å²) < 4.78 is 0. The van der Waals surface area contributed by atoms with E-state index in [0.717, 1.165) is 37.8 Å². The number of aliphatic imine (C=N–C) groups is 2. The van der Waals surface area contributed by atoms with Crippen LogP contribution in [-0.2, 0) is 19.2 Å². The largest absolute Gasteiger partial charge is 0.478 e. The molecule has 0 aliphatic carbocycles. The van der Waals surface area contributed by atoms with E-state index in [1.165, 1.54) is 12.2 Å². The van der Waals surface area contributed by atoms with Crippen LogP contribution in [0.1, 0.15) is 25.7 Å². The van der Waals surface area contributed by atoms with E-state index >= 15 is 0 Å². The molecule has 0 atom stereocenters. The standard InChI is InChI=1S/C8H12N2O2.2C3H4O2/c11-7-9-5-3-1-2-4-6-10-8-12;2*1-2-3(4)5/h1-6H2;2*2H,1H2,(H,4,5). The molecule has 8 nitrogen and oxygen atoms in total. The number of carbonyl (C=O) groups excluding carboxylic acids is 2. The first kappa shape index (κ1) is 24.2. The van der Waals surface area contributed by atoms with Gasteiger partial charge in [0.25, 0.3) is 0 Å². The van der Waals surface area contributed by atoms with Crippen LogP contribution in [0.15, 0.2) is 35.3 Å². The van der Waals surface area contributed by atoms with Crippen molar-refractivity contribution in [1.82, 2.24) is 0 Å². The molecule has 8 heteroatoms. The Morgan fingerprint density at radius 3 is 1.27 bits per heavy atom. The average molecular weight is 312 g/mol. The molecule has 0 fully saturated rings. The third-order valence-electron chi connectivity index (χ3n) is 1.77. The molecule has 0 amide bonds. The summed E-state index contributed by atoms with van der Waals surface area (Å²) in [5.41, 5.74) is 0. The average Bonchev–Trinajstić information content (AvgIpc) is 2.51. The van der Waals surface area contributed by atoms with Crippen LogP contribution in [0.2, 0.25) is 0 Å². The normalized spacial score (nSPS) is 7.45. The Labute approximate surface area is 128 Å². The van der Waals surface area contributed by atoms with Gasteiger partial charge in [0.2, 0.25) is 12.2 Å². The lowest BCUT2D eigenvalue weighted by atomic mass is 10.2. The van der Waals surface area contributed by atoms with Gasteiger partial charge in [0.1, 0.15) is 0 Å². The van der Waals surface area contributed by atoms with Crippen LogP contribution in [0.3, 0.4) is 0 Å². The Kier molecular flexibility index (Phi) is 25.6. The molecule has 0 aromatic heterocycles. The highest BCUT2D eigenvalue weighted by atomic mass is 16.4. The van der Waals surface area contributed by atoms with Gasteiger partial charge in [-0.15, -0.1) is 0 Å². The number of hydrogen-bond acceptors (Lipinski definition) is 6. The van der Waals surface area contributed by atoms with E-state index in [1.54, 1.807) is 0 Å². The summed E-state index contributed by atoms with van der Waals surface area (Å²) in [5.74, 6) is -1.96. The van der Waals surface area contributed by atoms with Gasteiger partial charge in [-0.25, -0.2) is 29.2 Å². The molecule has 0 rings (SSSR count). The van der Waals surface area contributed by atoms with Crippen molar-refractivity contribution in [2.45, 2.75) is 25.7 Å². The van der Waals surface area contributed by atoms with Gasteiger partial charge in [-0.1, -0.05) is 26.0 Å². The van der Waals surface area contributed by atoms with Crippen molar-refractivity contribution in [2.75, 3.05) is 13.1 Å². The number of carboxylic acid groups (broad SMARTS) is 2. The second-order valence-electron chi connectivity index (χ2n) is 3.44. The van der Waals surface area contributed by atoms with Gasteiger partial charge in [0.05, 0.1) is 13.1 Å². The van der Waals surface area contributed by atoms with Gasteiger partial charge in [-0.2, -0.15) is 0 Å². The molecular weight excluding hydrogens is 292 g/mol. The number of nitrogens with zero attached hydrogens (tertiary/aromatic N) is 2. The van der Waals surface area contributed by atoms with E-state index in [0.29, 0.717) is 13.1 Å². The van der Waals surface area contributed by atoms with Crippen molar-refractivity contribution in [1.29, 1.82) is 0 Å². The van der Waals surface area contributed by atoms with Crippen LogP contribution < -0.4 is 0 Å². The molecule has 0 aliphatic heterocycles. The highest BCUT2D eigenvalue weighted by Crippen LogP contribution is 1.99. The van der Waals surface area contributed by atoms with Crippen LogP contribution in [-0.4, -0.2) is 47.4 Å². The summed E-state index contributed by atoms with van der Waals surface area (Å²) in [6, 6.07) is 0.